The third kappa shape index (κ3) is 4.07. The first-order valence-corrected chi connectivity index (χ1v) is 6.62. The molecule has 2 aromatic rings. The van der Waals surface area contributed by atoms with E-state index >= 15 is 0 Å². The SMILES string of the molecule is CC(=O)Nc1ccc(C(=O)Nc2ccc(C(=O)O)c(O)c2)cc1. The Bertz CT molecular complexity index is 769. The summed E-state index contributed by atoms with van der Waals surface area (Å²) < 4.78 is 0. The summed E-state index contributed by atoms with van der Waals surface area (Å²) >= 11 is 0. The summed E-state index contributed by atoms with van der Waals surface area (Å²) in [5.74, 6) is -2.33. The number of carbonyl (C=O) groups excluding carboxylic acids is 2. The summed E-state index contributed by atoms with van der Waals surface area (Å²) in [5, 5.41) is 23.6. The van der Waals surface area contributed by atoms with Gasteiger partial charge in [-0.1, -0.05) is 0 Å². The van der Waals surface area contributed by atoms with Crippen LogP contribution >= 0.6 is 0 Å². The Morgan fingerprint density at radius 2 is 1.52 bits per heavy atom. The zero-order chi connectivity index (χ0) is 17.0. The molecule has 4 N–H and O–H groups in total. The second kappa shape index (κ2) is 6.61. The van der Waals surface area contributed by atoms with E-state index in [4.69, 9.17) is 5.11 Å². The highest BCUT2D eigenvalue weighted by atomic mass is 16.4. The van der Waals surface area contributed by atoms with E-state index in [-0.39, 0.29) is 17.2 Å². The van der Waals surface area contributed by atoms with Crippen LogP contribution in [-0.2, 0) is 4.79 Å². The third-order valence-electron chi connectivity index (χ3n) is 2.95. The molecule has 0 aromatic heterocycles. The number of anilines is 2. The van der Waals surface area contributed by atoms with Gasteiger partial charge < -0.3 is 20.8 Å². The lowest BCUT2D eigenvalue weighted by atomic mass is 10.1. The maximum absolute atomic E-state index is 12.1. The minimum Gasteiger partial charge on any atom is -0.507 e. The monoisotopic (exact) mass is 314 g/mol. The number of hydrogen-bond donors (Lipinski definition) is 4. The van der Waals surface area contributed by atoms with E-state index in [1.165, 1.54) is 31.2 Å². The number of benzene rings is 2. The minimum absolute atomic E-state index is 0.212. The van der Waals surface area contributed by atoms with E-state index < -0.39 is 17.6 Å². The van der Waals surface area contributed by atoms with Crippen LogP contribution in [0.25, 0.3) is 0 Å². The van der Waals surface area contributed by atoms with Crippen molar-refractivity contribution in [3.63, 3.8) is 0 Å². The number of carboxylic acids is 1. The number of aromatic carboxylic acids is 1. The number of aromatic hydroxyl groups is 1. The van der Waals surface area contributed by atoms with Gasteiger partial charge in [0.1, 0.15) is 11.3 Å². The van der Waals surface area contributed by atoms with Crippen molar-refractivity contribution in [2.24, 2.45) is 0 Å². The molecule has 7 nitrogen and oxygen atoms in total. The van der Waals surface area contributed by atoms with Crippen molar-refractivity contribution >= 4 is 29.2 Å². The first-order valence-electron chi connectivity index (χ1n) is 6.62. The molecular formula is C16H14N2O5. The van der Waals surface area contributed by atoms with Crippen molar-refractivity contribution in [3.05, 3.63) is 53.6 Å². The molecule has 0 atom stereocenters. The normalized spacial score (nSPS) is 9.96. The van der Waals surface area contributed by atoms with Crippen LogP contribution in [0.15, 0.2) is 42.5 Å². The van der Waals surface area contributed by atoms with Crippen molar-refractivity contribution < 1.29 is 24.6 Å². The van der Waals surface area contributed by atoms with Crippen LogP contribution in [0, 0.1) is 0 Å². The zero-order valence-electron chi connectivity index (χ0n) is 12.2. The molecule has 0 fully saturated rings. The molecule has 2 aromatic carbocycles. The Labute approximate surface area is 131 Å². The smallest absolute Gasteiger partial charge is 0.339 e. The fourth-order valence-electron chi connectivity index (χ4n) is 1.90. The van der Waals surface area contributed by atoms with Crippen molar-refractivity contribution in [1.29, 1.82) is 0 Å². The third-order valence-corrected chi connectivity index (χ3v) is 2.95. The Morgan fingerprint density at radius 1 is 0.913 bits per heavy atom. The van der Waals surface area contributed by atoms with Gasteiger partial charge in [0.05, 0.1) is 0 Å². The van der Waals surface area contributed by atoms with E-state index in [9.17, 15) is 19.5 Å². The first kappa shape index (κ1) is 16.0. The van der Waals surface area contributed by atoms with E-state index in [1.807, 2.05) is 0 Å². The maximum Gasteiger partial charge on any atom is 0.339 e. The molecule has 0 spiro atoms. The standard InChI is InChI=1S/C16H14N2O5/c1-9(19)17-11-4-2-10(3-5-11)15(21)18-12-6-7-13(16(22)23)14(20)8-12/h2-8,20H,1H3,(H,17,19)(H,18,21)(H,22,23). The molecule has 7 heteroatoms. The van der Waals surface area contributed by atoms with Gasteiger partial charge in [-0.3, -0.25) is 9.59 Å². The molecule has 0 aliphatic carbocycles. The van der Waals surface area contributed by atoms with Gasteiger partial charge in [-0.25, -0.2) is 4.79 Å². The molecule has 0 heterocycles. The quantitative estimate of drug-likeness (QED) is 0.691. The second-order valence-corrected chi connectivity index (χ2v) is 4.75. The summed E-state index contributed by atoms with van der Waals surface area (Å²) in [6, 6.07) is 9.98. The number of nitrogens with one attached hydrogen (secondary N) is 2. The lowest BCUT2D eigenvalue weighted by molar-refractivity contribution is -0.114. The highest BCUT2D eigenvalue weighted by molar-refractivity contribution is 6.05. The van der Waals surface area contributed by atoms with Crippen LogP contribution in [0.5, 0.6) is 5.75 Å². The Balaban J connectivity index is 2.11. The predicted molar refractivity (Wildman–Crippen MR) is 83.8 cm³/mol. The van der Waals surface area contributed by atoms with Gasteiger partial charge in [-0.2, -0.15) is 0 Å². The second-order valence-electron chi connectivity index (χ2n) is 4.75. The van der Waals surface area contributed by atoms with Gasteiger partial charge in [0.15, 0.2) is 0 Å². The highest BCUT2D eigenvalue weighted by Gasteiger charge is 2.12. The average Bonchev–Trinajstić information content (AvgIpc) is 2.47. The van der Waals surface area contributed by atoms with Gasteiger partial charge in [0.25, 0.3) is 5.91 Å². The van der Waals surface area contributed by atoms with Gasteiger partial charge in [0.2, 0.25) is 5.91 Å². The Hall–Kier alpha value is -3.35. The number of amides is 2. The highest BCUT2D eigenvalue weighted by Crippen LogP contribution is 2.22. The van der Waals surface area contributed by atoms with Gasteiger partial charge in [-0.15, -0.1) is 0 Å². The molecule has 2 amide bonds. The van der Waals surface area contributed by atoms with Crippen molar-refractivity contribution in [3.8, 4) is 5.75 Å². The van der Waals surface area contributed by atoms with Crippen LogP contribution in [-0.4, -0.2) is 28.0 Å². The molecule has 0 radical (unpaired) electrons. The van der Waals surface area contributed by atoms with Crippen LogP contribution in [0.2, 0.25) is 0 Å². The summed E-state index contributed by atoms with van der Waals surface area (Å²) in [4.78, 5) is 33.8. The molecule has 0 saturated carbocycles. The summed E-state index contributed by atoms with van der Waals surface area (Å²) in [7, 11) is 0. The Morgan fingerprint density at radius 3 is 2.04 bits per heavy atom. The van der Waals surface area contributed by atoms with Crippen LogP contribution < -0.4 is 10.6 Å². The molecule has 0 bridgehead atoms. The molecule has 2 rings (SSSR count). The molecular weight excluding hydrogens is 300 g/mol. The van der Waals surface area contributed by atoms with Crippen molar-refractivity contribution in [1.82, 2.24) is 0 Å². The fourth-order valence-corrected chi connectivity index (χ4v) is 1.90. The molecule has 0 aliphatic rings. The average molecular weight is 314 g/mol. The number of hydrogen-bond acceptors (Lipinski definition) is 4. The van der Waals surface area contributed by atoms with Crippen molar-refractivity contribution in [2.75, 3.05) is 10.6 Å². The van der Waals surface area contributed by atoms with Crippen LogP contribution in [0.1, 0.15) is 27.6 Å². The van der Waals surface area contributed by atoms with Gasteiger partial charge in [-0.05, 0) is 36.4 Å². The predicted octanol–water partition coefficient (Wildman–Crippen LogP) is 2.30. The molecule has 118 valence electrons. The summed E-state index contributed by atoms with van der Waals surface area (Å²) in [6.07, 6.45) is 0. The molecule has 0 unspecified atom stereocenters. The minimum atomic E-state index is -1.26. The fraction of sp³-hybridized carbons (Fsp3) is 0.0625. The van der Waals surface area contributed by atoms with Crippen LogP contribution in [0.4, 0.5) is 11.4 Å². The topological polar surface area (TPSA) is 116 Å². The van der Waals surface area contributed by atoms with Crippen molar-refractivity contribution in [2.45, 2.75) is 6.92 Å². The molecule has 23 heavy (non-hydrogen) atoms. The van der Waals surface area contributed by atoms with E-state index in [0.29, 0.717) is 11.3 Å². The first-order chi connectivity index (χ1) is 10.9. The summed E-state index contributed by atoms with van der Waals surface area (Å²) in [6.45, 7) is 1.38. The number of phenols is 1. The molecule has 0 aliphatic heterocycles. The zero-order valence-corrected chi connectivity index (χ0v) is 12.2. The molecule has 0 saturated heterocycles. The lowest BCUT2D eigenvalue weighted by Crippen LogP contribution is -2.12. The van der Waals surface area contributed by atoms with E-state index in [1.54, 1.807) is 12.1 Å². The lowest BCUT2D eigenvalue weighted by Gasteiger charge is -2.08. The van der Waals surface area contributed by atoms with Gasteiger partial charge >= 0.3 is 5.97 Å². The largest absolute Gasteiger partial charge is 0.507 e. The maximum atomic E-state index is 12.1. The number of rotatable bonds is 4. The van der Waals surface area contributed by atoms with E-state index in [2.05, 4.69) is 10.6 Å². The number of carbonyl (C=O) groups is 3. The van der Waals surface area contributed by atoms with Gasteiger partial charge in [0, 0.05) is 29.9 Å². The van der Waals surface area contributed by atoms with Crippen LogP contribution in [0.3, 0.4) is 0 Å². The van der Waals surface area contributed by atoms with E-state index in [0.717, 1.165) is 6.07 Å². The Kier molecular flexibility index (Phi) is 4.61. The summed E-state index contributed by atoms with van der Waals surface area (Å²) in [5.41, 5.74) is 0.935. The number of carboxylic acid groups (broad SMARTS) is 1.